The van der Waals surface area contributed by atoms with Crippen LogP contribution < -0.4 is 19.5 Å². The van der Waals surface area contributed by atoms with E-state index in [1.54, 1.807) is 39.5 Å². The van der Waals surface area contributed by atoms with Crippen molar-refractivity contribution in [3.05, 3.63) is 53.1 Å². The van der Waals surface area contributed by atoms with Crippen LogP contribution in [0.25, 0.3) is 0 Å². The molecule has 0 saturated carbocycles. The first-order valence-corrected chi connectivity index (χ1v) is 7.67. The molecule has 5 heteroatoms. The maximum absolute atomic E-state index is 12.5. The van der Waals surface area contributed by atoms with Gasteiger partial charge in [-0.05, 0) is 38.1 Å². The van der Waals surface area contributed by atoms with Crippen molar-refractivity contribution in [2.45, 2.75) is 19.9 Å². The Morgan fingerprint density at radius 2 is 1.54 bits per heavy atom. The molecular formula is C19H23NO4. The first-order chi connectivity index (χ1) is 11.5. The summed E-state index contributed by atoms with van der Waals surface area (Å²) in [6.07, 6.45) is 0. The number of methoxy groups -OCH3 is 3. The first kappa shape index (κ1) is 17.7. The van der Waals surface area contributed by atoms with E-state index in [0.717, 1.165) is 16.9 Å². The summed E-state index contributed by atoms with van der Waals surface area (Å²) in [5.41, 5.74) is 2.55. The predicted molar refractivity (Wildman–Crippen MR) is 93.2 cm³/mol. The Balaban J connectivity index is 2.22. The van der Waals surface area contributed by atoms with E-state index in [0.29, 0.717) is 17.1 Å². The largest absolute Gasteiger partial charge is 0.496 e. The summed E-state index contributed by atoms with van der Waals surface area (Å²) < 4.78 is 15.8. The molecule has 2 rings (SSSR count). The van der Waals surface area contributed by atoms with Crippen molar-refractivity contribution in [3.8, 4) is 17.2 Å². The van der Waals surface area contributed by atoms with Gasteiger partial charge < -0.3 is 19.5 Å². The number of benzene rings is 2. The minimum atomic E-state index is -0.194. The molecule has 0 aliphatic carbocycles. The number of carbonyl (C=O) groups excluding carboxylic acids is 1. The molecule has 0 fully saturated rings. The lowest BCUT2D eigenvalue weighted by Gasteiger charge is -2.18. The summed E-state index contributed by atoms with van der Waals surface area (Å²) in [5, 5.41) is 2.99. The standard InChI is InChI=1S/C19H23NO4/c1-12-6-8-16(22-3)15(10-12)13(2)20-19(21)14-7-9-17(23-4)18(11-14)24-5/h6-11,13H,1-5H3,(H,20,21)/t13-/m0/s1. The molecule has 5 nitrogen and oxygen atoms in total. The van der Waals surface area contributed by atoms with E-state index in [4.69, 9.17) is 14.2 Å². The molecule has 2 aromatic rings. The lowest BCUT2D eigenvalue weighted by molar-refractivity contribution is 0.0939. The van der Waals surface area contributed by atoms with Gasteiger partial charge in [0.05, 0.1) is 27.4 Å². The van der Waals surface area contributed by atoms with E-state index in [1.165, 1.54) is 0 Å². The van der Waals surface area contributed by atoms with Crippen molar-refractivity contribution in [1.29, 1.82) is 0 Å². The second-order valence-corrected chi connectivity index (χ2v) is 5.51. The Bertz CT molecular complexity index is 727. The Kier molecular flexibility index (Phi) is 5.68. The van der Waals surface area contributed by atoms with Crippen molar-refractivity contribution in [2.24, 2.45) is 0 Å². The van der Waals surface area contributed by atoms with E-state index >= 15 is 0 Å². The van der Waals surface area contributed by atoms with E-state index < -0.39 is 0 Å². The zero-order valence-electron chi connectivity index (χ0n) is 14.7. The fourth-order valence-corrected chi connectivity index (χ4v) is 2.53. The minimum Gasteiger partial charge on any atom is -0.496 e. The van der Waals surface area contributed by atoms with Crippen LogP contribution >= 0.6 is 0 Å². The molecule has 1 atom stereocenters. The van der Waals surface area contributed by atoms with Gasteiger partial charge in [0.1, 0.15) is 5.75 Å². The summed E-state index contributed by atoms with van der Waals surface area (Å²) in [5.74, 6) is 1.67. The van der Waals surface area contributed by atoms with Crippen molar-refractivity contribution >= 4 is 5.91 Å². The number of amides is 1. The third-order valence-electron chi connectivity index (χ3n) is 3.85. The summed E-state index contributed by atoms with van der Waals surface area (Å²) in [6.45, 7) is 3.93. The number of hydrogen-bond donors (Lipinski definition) is 1. The van der Waals surface area contributed by atoms with Gasteiger partial charge in [-0.2, -0.15) is 0 Å². The zero-order chi connectivity index (χ0) is 17.7. The molecule has 24 heavy (non-hydrogen) atoms. The number of nitrogens with one attached hydrogen (secondary N) is 1. The smallest absolute Gasteiger partial charge is 0.251 e. The molecule has 0 aliphatic rings. The van der Waals surface area contributed by atoms with E-state index in [9.17, 15) is 4.79 Å². The molecule has 0 heterocycles. The van der Waals surface area contributed by atoms with Crippen molar-refractivity contribution in [1.82, 2.24) is 5.32 Å². The first-order valence-electron chi connectivity index (χ1n) is 7.67. The van der Waals surface area contributed by atoms with Crippen LogP contribution in [0.2, 0.25) is 0 Å². The summed E-state index contributed by atoms with van der Waals surface area (Å²) >= 11 is 0. The molecule has 0 radical (unpaired) electrons. The molecule has 0 unspecified atom stereocenters. The monoisotopic (exact) mass is 329 g/mol. The third-order valence-corrected chi connectivity index (χ3v) is 3.85. The number of carbonyl (C=O) groups is 1. The summed E-state index contributed by atoms with van der Waals surface area (Å²) in [7, 11) is 4.72. The van der Waals surface area contributed by atoms with Crippen LogP contribution in [-0.4, -0.2) is 27.2 Å². The fraction of sp³-hybridized carbons (Fsp3) is 0.316. The highest BCUT2D eigenvalue weighted by Gasteiger charge is 2.17. The van der Waals surface area contributed by atoms with Gasteiger partial charge >= 0.3 is 0 Å². The van der Waals surface area contributed by atoms with Crippen molar-refractivity contribution in [3.63, 3.8) is 0 Å². The van der Waals surface area contributed by atoms with Gasteiger partial charge in [0.15, 0.2) is 11.5 Å². The van der Waals surface area contributed by atoms with Gasteiger partial charge in [0.25, 0.3) is 5.91 Å². The van der Waals surface area contributed by atoms with Crippen LogP contribution in [0, 0.1) is 6.92 Å². The number of hydrogen-bond acceptors (Lipinski definition) is 4. The minimum absolute atomic E-state index is 0.188. The Morgan fingerprint density at radius 3 is 2.17 bits per heavy atom. The maximum atomic E-state index is 12.5. The second kappa shape index (κ2) is 7.73. The van der Waals surface area contributed by atoms with Gasteiger partial charge in [-0.15, -0.1) is 0 Å². The van der Waals surface area contributed by atoms with Crippen molar-refractivity contribution < 1.29 is 19.0 Å². The van der Waals surface area contributed by atoms with Gasteiger partial charge in [-0.3, -0.25) is 4.79 Å². The van der Waals surface area contributed by atoms with Crippen LogP contribution in [-0.2, 0) is 0 Å². The molecular weight excluding hydrogens is 306 g/mol. The maximum Gasteiger partial charge on any atom is 0.251 e. The average molecular weight is 329 g/mol. The summed E-state index contributed by atoms with van der Waals surface area (Å²) in [6, 6.07) is 10.8. The topological polar surface area (TPSA) is 56.8 Å². The Labute approximate surface area is 142 Å². The van der Waals surface area contributed by atoms with Crippen LogP contribution in [0.4, 0.5) is 0 Å². The highest BCUT2D eigenvalue weighted by molar-refractivity contribution is 5.95. The highest BCUT2D eigenvalue weighted by atomic mass is 16.5. The Hall–Kier alpha value is -2.69. The van der Waals surface area contributed by atoms with Crippen LogP contribution in [0.1, 0.15) is 34.5 Å². The van der Waals surface area contributed by atoms with E-state index in [2.05, 4.69) is 5.32 Å². The lowest BCUT2D eigenvalue weighted by Crippen LogP contribution is -2.27. The van der Waals surface area contributed by atoms with Gasteiger partial charge in [-0.25, -0.2) is 0 Å². The number of ether oxygens (including phenoxy) is 3. The second-order valence-electron chi connectivity index (χ2n) is 5.51. The molecule has 0 bridgehead atoms. The molecule has 0 aliphatic heterocycles. The predicted octanol–water partition coefficient (Wildman–Crippen LogP) is 3.51. The quantitative estimate of drug-likeness (QED) is 0.881. The van der Waals surface area contributed by atoms with Crippen molar-refractivity contribution in [2.75, 3.05) is 21.3 Å². The van der Waals surface area contributed by atoms with Gasteiger partial charge in [0.2, 0.25) is 0 Å². The molecule has 1 N–H and O–H groups in total. The molecule has 1 amide bonds. The molecule has 128 valence electrons. The average Bonchev–Trinajstić information content (AvgIpc) is 2.60. The molecule has 0 saturated heterocycles. The SMILES string of the molecule is COc1ccc(C(=O)N[C@@H](C)c2cc(C)ccc2OC)cc1OC. The Morgan fingerprint density at radius 1 is 0.917 bits per heavy atom. The van der Waals surface area contributed by atoms with Crippen LogP contribution in [0.15, 0.2) is 36.4 Å². The highest BCUT2D eigenvalue weighted by Crippen LogP contribution is 2.29. The number of rotatable bonds is 6. The number of aryl methyl sites for hydroxylation is 1. The third kappa shape index (κ3) is 3.79. The lowest BCUT2D eigenvalue weighted by atomic mass is 10.0. The fourth-order valence-electron chi connectivity index (χ4n) is 2.53. The molecule has 0 spiro atoms. The van der Waals surface area contributed by atoms with Crippen LogP contribution in [0.3, 0.4) is 0 Å². The van der Waals surface area contributed by atoms with Gasteiger partial charge in [0, 0.05) is 11.1 Å². The van der Waals surface area contributed by atoms with E-state index in [1.807, 2.05) is 32.0 Å². The van der Waals surface area contributed by atoms with Crippen LogP contribution in [0.5, 0.6) is 17.2 Å². The zero-order valence-corrected chi connectivity index (χ0v) is 14.7. The molecule has 2 aromatic carbocycles. The van der Waals surface area contributed by atoms with Gasteiger partial charge in [-0.1, -0.05) is 17.7 Å². The van der Waals surface area contributed by atoms with E-state index in [-0.39, 0.29) is 11.9 Å². The molecule has 0 aromatic heterocycles. The normalized spacial score (nSPS) is 11.5. The summed E-state index contributed by atoms with van der Waals surface area (Å²) in [4.78, 5) is 12.5.